The molecule has 1 N–H and O–H groups in total. The summed E-state index contributed by atoms with van der Waals surface area (Å²) in [6, 6.07) is 7.64. The van der Waals surface area contributed by atoms with Gasteiger partial charge < -0.3 is 10.1 Å². The van der Waals surface area contributed by atoms with Crippen molar-refractivity contribution in [1.29, 1.82) is 0 Å². The van der Waals surface area contributed by atoms with Gasteiger partial charge in [0.1, 0.15) is 0 Å². The predicted octanol–water partition coefficient (Wildman–Crippen LogP) is 2.09. The summed E-state index contributed by atoms with van der Waals surface area (Å²) in [6.07, 6.45) is 5.81. The van der Waals surface area contributed by atoms with E-state index in [4.69, 9.17) is 0 Å². The Labute approximate surface area is 137 Å². The SMILES string of the molecule is CCN(CCNC(=O)C=Cc1ccc(C(=O)OC)cc1)C1CC1. The van der Waals surface area contributed by atoms with Crippen molar-refractivity contribution in [3.63, 3.8) is 0 Å². The standard InChI is InChI=1S/C18H24N2O3/c1-3-20(16-9-10-16)13-12-19-17(21)11-6-14-4-7-15(8-5-14)18(22)23-2/h4-8,11,16H,3,9-10,12-13H2,1-2H3,(H,19,21). The molecule has 1 amide bonds. The van der Waals surface area contributed by atoms with Crippen LogP contribution in [-0.2, 0) is 9.53 Å². The molecule has 1 fully saturated rings. The molecule has 5 heteroatoms. The van der Waals surface area contributed by atoms with Crippen molar-refractivity contribution in [3.8, 4) is 0 Å². The maximum absolute atomic E-state index is 11.8. The van der Waals surface area contributed by atoms with Gasteiger partial charge in [0.15, 0.2) is 0 Å². The van der Waals surface area contributed by atoms with Crippen LogP contribution in [0.2, 0.25) is 0 Å². The van der Waals surface area contributed by atoms with Gasteiger partial charge in [-0.15, -0.1) is 0 Å². The molecule has 1 aliphatic rings. The monoisotopic (exact) mass is 316 g/mol. The molecule has 2 rings (SSSR count). The number of nitrogens with one attached hydrogen (secondary N) is 1. The molecule has 1 saturated carbocycles. The molecule has 0 bridgehead atoms. The van der Waals surface area contributed by atoms with E-state index in [0.29, 0.717) is 12.1 Å². The van der Waals surface area contributed by atoms with E-state index in [1.54, 1.807) is 30.3 Å². The van der Waals surface area contributed by atoms with E-state index in [2.05, 4.69) is 21.9 Å². The Hall–Kier alpha value is -2.14. The van der Waals surface area contributed by atoms with E-state index >= 15 is 0 Å². The first kappa shape index (κ1) is 17.2. The zero-order chi connectivity index (χ0) is 16.7. The number of carbonyl (C=O) groups excluding carboxylic acids is 2. The molecule has 124 valence electrons. The average molecular weight is 316 g/mol. The zero-order valence-corrected chi connectivity index (χ0v) is 13.7. The third kappa shape index (κ3) is 5.53. The van der Waals surface area contributed by atoms with Gasteiger partial charge in [-0.2, -0.15) is 0 Å². The largest absolute Gasteiger partial charge is 0.465 e. The summed E-state index contributed by atoms with van der Waals surface area (Å²) in [4.78, 5) is 25.5. The molecule has 0 radical (unpaired) electrons. The minimum absolute atomic E-state index is 0.103. The van der Waals surface area contributed by atoms with E-state index in [9.17, 15) is 9.59 Å². The normalized spacial score (nSPS) is 14.2. The number of ether oxygens (including phenoxy) is 1. The number of likely N-dealkylation sites (N-methyl/N-ethyl adjacent to an activating group) is 1. The van der Waals surface area contributed by atoms with Gasteiger partial charge >= 0.3 is 5.97 Å². The van der Waals surface area contributed by atoms with Crippen LogP contribution in [0.15, 0.2) is 30.3 Å². The molecule has 23 heavy (non-hydrogen) atoms. The maximum Gasteiger partial charge on any atom is 0.337 e. The number of methoxy groups -OCH3 is 1. The number of hydrogen-bond acceptors (Lipinski definition) is 4. The number of hydrogen-bond donors (Lipinski definition) is 1. The fourth-order valence-corrected chi connectivity index (χ4v) is 2.44. The Balaban J connectivity index is 1.75. The molecular weight excluding hydrogens is 292 g/mol. The fourth-order valence-electron chi connectivity index (χ4n) is 2.44. The molecule has 0 unspecified atom stereocenters. The van der Waals surface area contributed by atoms with Crippen LogP contribution in [0.1, 0.15) is 35.7 Å². The van der Waals surface area contributed by atoms with E-state index in [-0.39, 0.29) is 11.9 Å². The van der Waals surface area contributed by atoms with Gasteiger partial charge in [-0.05, 0) is 43.2 Å². The summed E-state index contributed by atoms with van der Waals surface area (Å²) < 4.78 is 4.64. The van der Waals surface area contributed by atoms with Crippen molar-refractivity contribution < 1.29 is 14.3 Å². The number of rotatable bonds is 8. The topological polar surface area (TPSA) is 58.6 Å². The third-order valence-electron chi connectivity index (χ3n) is 3.93. The minimum Gasteiger partial charge on any atom is -0.465 e. The van der Waals surface area contributed by atoms with Gasteiger partial charge in [0.2, 0.25) is 5.91 Å². The van der Waals surface area contributed by atoms with Crippen LogP contribution < -0.4 is 5.32 Å². The lowest BCUT2D eigenvalue weighted by Gasteiger charge is -2.19. The van der Waals surface area contributed by atoms with E-state index < -0.39 is 0 Å². The summed E-state index contributed by atoms with van der Waals surface area (Å²) >= 11 is 0. The lowest BCUT2D eigenvalue weighted by molar-refractivity contribution is -0.116. The van der Waals surface area contributed by atoms with Crippen molar-refractivity contribution in [2.75, 3.05) is 26.7 Å². The smallest absolute Gasteiger partial charge is 0.337 e. The molecule has 1 aromatic carbocycles. The van der Waals surface area contributed by atoms with Crippen LogP contribution in [0.25, 0.3) is 6.08 Å². The molecule has 0 aliphatic heterocycles. The van der Waals surface area contributed by atoms with Crippen LogP contribution in [0.3, 0.4) is 0 Å². The minimum atomic E-state index is -0.366. The van der Waals surface area contributed by atoms with Crippen molar-refractivity contribution in [2.24, 2.45) is 0 Å². The molecule has 0 spiro atoms. The van der Waals surface area contributed by atoms with E-state index in [1.165, 1.54) is 26.0 Å². The fraction of sp³-hybridized carbons (Fsp3) is 0.444. The second-order valence-electron chi connectivity index (χ2n) is 5.60. The number of esters is 1. The summed E-state index contributed by atoms with van der Waals surface area (Å²) in [7, 11) is 1.35. The highest BCUT2D eigenvalue weighted by molar-refractivity contribution is 5.92. The number of amides is 1. The van der Waals surface area contributed by atoms with Crippen LogP contribution in [0.4, 0.5) is 0 Å². The van der Waals surface area contributed by atoms with Gasteiger partial charge in [0.05, 0.1) is 12.7 Å². The highest BCUT2D eigenvalue weighted by Gasteiger charge is 2.27. The lowest BCUT2D eigenvalue weighted by atomic mass is 10.1. The number of carbonyl (C=O) groups is 2. The second kappa shape index (κ2) is 8.48. The molecular formula is C18H24N2O3. The van der Waals surface area contributed by atoms with Gasteiger partial charge in [-0.3, -0.25) is 9.69 Å². The van der Waals surface area contributed by atoms with Crippen molar-refractivity contribution in [2.45, 2.75) is 25.8 Å². The van der Waals surface area contributed by atoms with Gasteiger partial charge in [-0.25, -0.2) is 4.79 Å². The quantitative estimate of drug-likeness (QED) is 0.589. The Morgan fingerprint density at radius 3 is 2.57 bits per heavy atom. The Kier molecular flexibility index (Phi) is 6.35. The van der Waals surface area contributed by atoms with Crippen molar-refractivity contribution >= 4 is 18.0 Å². The Morgan fingerprint density at radius 1 is 1.30 bits per heavy atom. The van der Waals surface area contributed by atoms with Crippen molar-refractivity contribution in [1.82, 2.24) is 10.2 Å². The van der Waals surface area contributed by atoms with E-state index in [0.717, 1.165) is 24.7 Å². The molecule has 1 aliphatic carbocycles. The highest BCUT2D eigenvalue weighted by atomic mass is 16.5. The first-order chi connectivity index (χ1) is 11.1. The molecule has 5 nitrogen and oxygen atoms in total. The highest BCUT2D eigenvalue weighted by Crippen LogP contribution is 2.25. The molecule has 0 heterocycles. The number of nitrogens with zero attached hydrogens (tertiary/aromatic N) is 1. The summed E-state index contributed by atoms with van der Waals surface area (Å²) in [5.74, 6) is -0.469. The first-order valence-electron chi connectivity index (χ1n) is 8.02. The Morgan fingerprint density at radius 2 is 2.00 bits per heavy atom. The third-order valence-corrected chi connectivity index (χ3v) is 3.93. The molecule has 1 aromatic rings. The average Bonchev–Trinajstić information content (AvgIpc) is 3.41. The van der Waals surface area contributed by atoms with Gasteiger partial charge in [0.25, 0.3) is 0 Å². The summed E-state index contributed by atoms with van der Waals surface area (Å²) in [5, 5.41) is 2.90. The number of benzene rings is 1. The van der Waals surface area contributed by atoms with Crippen LogP contribution >= 0.6 is 0 Å². The van der Waals surface area contributed by atoms with Crippen molar-refractivity contribution in [3.05, 3.63) is 41.5 Å². The molecule has 0 aromatic heterocycles. The molecule has 0 saturated heterocycles. The second-order valence-corrected chi connectivity index (χ2v) is 5.60. The predicted molar refractivity (Wildman–Crippen MR) is 90.1 cm³/mol. The molecule has 0 atom stereocenters. The Bertz CT molecular complexity index is 562. The van der Waals surface area contributed by atoms with Gasteiger partial charge in [0, 0.05) is 25.2 Å². The van der Waals surface area contributed by atoms with Crippen LogP contribution in [0, 0.1) is 0 Å². The van der Waals surface area contributed by atoms with Crippen LogP contribution in [-0.4, -0.2) is 49.6 Å². The zero-order valence-electron chi connectivity index (χ0n) is 13.7. The summed E-state index contributed by atoms with van der Waals surface area (Å²) in [5.41, 5.74) is 1.36. The first-order valence-corrected chi connectivity index (χ1v) is 8.02. The van der Waals surface area contributed by atoms with Crippen LogP contribution in [0.5, 0.6) is 0 Å². The van der Waals surface area contributed by atoms with Gasteiger partial charge in [-0.1, -0.05) is 19.1 Å². The van der Waals surface area contributed by atoms with E-state index in [1.807, 2.05) is 0 Å². The lowest BCUT2D eigenvalue weighted by Crippen LogP contribution is -2.35. The maximum atomic E-state index is 11.8. The summed E-state index contributed by atoms with van der Waals surface area (Å²) in [6.45, 7) is 4.74.